The Morgan fingerprint density at radius 1 is 1.29 bits per heavy atom. The van der Waals surface area contributed by atoms with Crippen molar-refractivity contribution in [3.63, 3.8) is 0 Å². The van der Waals surface area contributed by atoms with Crippen molar-refractivity contribution < 1.29 is 23.9 Å². The lowest BCUT2D eigenvalue weighted by Crippen LogP contribution is -2.50. The summed E-state index contributed by atoms with van der Waals surface area (Å²) in [7, 11) is 1.23. The number of carbonyl (C=O) groups excluding carboxylic acids is 3. The first-order valence-corrected chi connectivity index (χ1v) is 6.68. The van der Waals surface area contributed by atoms with E-state index in [-0.39, 0.29) is 31.8 Å². The molecule has 0 unspecified atom stereocenters. The van der Waals surface area contributed by atoms with Gasteiger partial charge in [-0.05, 0) is 5.56 Å². The molecule has 21 heavy (non-hydrogen) atoms. The van der Waals surface area contributed by atoms with Crippen molar-refractivity contribution in [3.8, 4) is 0 Å². The molecule has 0 N–H and O–H groups in total. The zero-order chi connectivity index (χ0) is 15.2. The molecule has 112 valence electrons. The van der Waals surface area contributed by atoms with Crippen LogP contribution in [0.1, 0.15) is 18.4 Å². The van der Waals surface area contributed by atoms with Gasteiger partial charge in [-0.3, -0.25) is 9.69 Å². The number of piperidine rings is 1. The number of methoxy groups -OCH3 is 1. The standard InChI is InChI=1S/C15H17NO5/c1-20-14(18)13-9-12(17)7-8-16(13)15(19)21-10-11-5-3-2-4-6-11/h2-6,13H,7-10H2,1H3/t13-/m0/s1. The molecule has 1 fully saturated rings. The molecular weight excluding hydrogens is 274 g/mol. The van der Waals surface area contributed by atoms with Gasteiger partial charge in [0.2, 0.25) is 0 Å². The second kappa shape index (κ2) is 6.88. The number of amides is 1. The van der Waals surface area contributed by atoms with Crippen LogP contribution in [-0.2, 0) is 25.7 Å². The van der Waals surface area contributed by atoms with Gasteiger partial charge in [-0.25, -0.2) is 9.59 Å². The van der Waals surface area contributed by atoms with Gasteiger partial charge in [-0.1, -0.05) is 30.3 Å². The van der Waals surface area contributed by atoms with E-state index in [0.717, 1.165) is 5.56 Å². The third-order valence-corrected chi connectivity index (χ3v) is 3.34. The third-order valence-electron chi connectivity index (χ3n) is 3.34. The normalized spacial score (nSPS) is 18.2. The Bertz CT molecular complexity index is 528. The number of carbonyl (C=O) groups is 3. The number of Topliss-reactive ketones (excluding diaryl/α,β-unsaturated/α-hetero) is 1. The van der Waals surface area contributed by atoms with E-state index in [4.69, 9.17) is 4.74 Å². The maximum absolute atomic E-state index is 12.1. The number of ether oxygens (including phenoxy) is 2. The number of nitrogens with zero attached hydrogens (tertiary/aromatic N) is 1. The van der Waals surface area contributed by atoms with Crippen LogP contribution in [0.15, 0.2) is 30.3 Å². The van der Waals surface area contributed by atoms with Gasteiger partial charge >= 0.3 is 12.1 Å². The molecule has 1 aromatic rings. The minimum absolute atomic E-state index is 0.0207. The van der Waals surface area contributed by atoms with Crippen molar-refractivity contribution in [3.05, 3.63) is 35.9 Å². The Morgan fingerprint density at radius 2 is 2.00 bits per heavy atom. The molecule has 0 bridgehead atoms. The van der Waals surface area contributed by atoms with Gasteiger partial charge in [-0.2, -0.15) is 0 Å². The third kappa shape index (κ3) is 3.81. The van der Waals surface area contributed by atoms with Crippen LogP contribution in [0.5, 0.6) is 0 Å². The fourth-order valence-corrected chi connectivity index (χ4v) is 2.20. The van der Waals surface area contributed by atoms with Gasteiger partial charge in [-0.15, -0.1) is 0 Å². The van der Waals surface area contributed by atoms with E-state index in [1.54, 1.807) is 0 Å². The molecule has 0 saturated carbocycles. The molecule has 1 heterocycles. The van der Waals surface area contributed by atoms with Gasteiger partial charge in [0.25, 0.3) is 0 Å². The number of esters is 1. The topological polar surface area (TPSA) is 72.9 Å². The van der Waals surface area contributed by atoms with Crippen LogP contribution in [0.4, 0.5) is 4.79 Å². The van der Waals surface area contributed by atoms with Gasteiger partial charge in [0.15, 0.2) is 0 Å². The number of rotatable bonds is 3. The van der Waals surface area contributed by atoms with Crippen LogP contribution in [0, 0.1) is 0 Å². The molecular formula is C15H17NO5. The molecule has 2 rings (SSSR count). The van der Waals surface area contributed by atoms with Crippen molar-refractivity contribution in [2.45, 2.75) is 25.5 Å². The maximum atomic E-state index is 12.1. The SMILES string of the molecule is COC(=O)[C@@H]1CC(=O)CCN1C(=O)OCc1ccccc1. The van der Waals surface area contributed by atoms with Crippen LogP contribution in [-0.4, -0.2) is 42.4 Å². The van der Waals surface area contributed by atoms with E-state index < -0.39 is 18.1 Å². The molecule has 1 aromatic carbocycles. The summed E-state index contributed by atoms with van der Waals surface area (Å²) in [6, 6.07) is 8.35. The van der Waals surface area contributed by atoms with Crippen LogP contribution in [0.2, 0.25) is 0 Å². The number of benzene rings is 1. The summed E-state index contributed by atoms with van der Waals surface area (Å²) in [6.07, 6.45) is -0.400. The van der Waals surface area contributed by atoms with Crippen molar-refractivity contribution in [2.24, 2.45) is 0 Å². The Balaban J connectivity index is 1.99. The highest BCUT2D eigenvalue weighted by Gasteiger charge is 2.37. The van der Waals surface area contributed by atoms with Gasteiger partial charge < -0.3 is 9.47 Å². The number of likely N-dealkylation sites (tertiary alicyclic amines) is 1. The highest BCUT2D eigenvalue weighted by atomic mass is 16.6. The predicted octanol–water partition coefficient (Wildman–Crippen LogP) is 1.53. The van der Waals surface area contributed by atoms with Gasteiger partial charge in [0.05, 0.1) is 7.11 Å². The first kappa shape index (κ1) is 15.0. The van der Waals surface area contributed by atoms with Crippen molar-refractivity contribution >= 4 is 17.8 Å². The van der Waals surface area contributed by atoms with E-state index >= 15 is 0 Å². The van der Waals surface area contributed by atoms with Gasteiger partial charge in [0, 0.05) is 19.4 Å². The molecule has 0 spiro atoms. The second-order valence-corrected chi connectivity index (χ2v) is 4.77. The highest BCUT2D eigenvalue weighted by Crippen LogP contribution is 2.17. The van der Waals surface area contributed by atoms with Crippen LogP contribution >= 0.6 is 0 Å². The average Bonchev–Trinajstić information content (AvgIpc) is 2.52. The summed E-state index contributed by atoms with van der Waals surface area (Å²) in [5.74, 6) is -0.655. The lowest BCUT2D eigenvalue weighted by molar-refractivity contribution is -0.150. The first-order chi connectivity index (χ1) is 10.1. The molecule has 1 aliphatic rings. The largest absolute Gasteiger partial charge is 0.467 e. The average molecular weight is 291 g/mol. The minimum Gasteiger partial charge on any atom is -0.467 e. The van der Waals surface area contributed by atoms with Crippen LogP contribution < -0.4 is 0 Å². The summed E-state index contributed by atoms with van der Waals surface area (Å²) < 4.78 is 9.84. The van der Waals surface area contributed by atoms with E-state index in [2.05, 4.69) is 4.74 Å². The number of ketones is 1. The lowest BCUT2D eigenvalue weighted by atomic mass is 10.0. The Hall–Kier alpha value is -2.37. The smallest absolute Gasteiger partial charge is 0.410 e. The Kier molecular flexibility index (Phi) is 4.92. The van der Waals surface area contributed by atoms with Crippen LogP contribution in [0.3, 0.4) is 0 Å². The molecule has 6 nitrogen and oxygen atoms in total. The number of hydrogen-bond acceptors (Lipinski definition) is 5. The van der Waals surface area contributed by atoms with Gasteiger partial charge in [0.1, 0.15) is 18.4 Å². The molecule has 0 aromatic heterocycles. The summed E-state index contributed by atoms with van der Waals surface area (Å²) >= 11 is 0. The first-order valence-electron chi connectivity index (χ1n) is 6.68. The number of hydrogen-bond donors (Lipinski definition) is 0. The maximum Gasteiger partial charge on any atom is 0.410 e. The highest BCUT2D eigenvalue weighted by molar-refractivity contribution is 5.91. The van der Waals surface area contributed by atoms with E-state index in [9.17, 15) is 14.4 Å². The minimum atomic E-state index is -0.889. The lowest BCUT2D eigenvalue weighted by Gasteiger charge is -2.32. The summed E-state index contributed by atoms with van der Waals surface area (Å²) in [5, 5.41) is 0. The predicted molar refractivity (Wildman–Crippen MR) is 73.4 cm³/mol. The fraction of sp³-hybridized carbons (Fsp3) is 0.400. The van der Waals surface area contributed by atoms with Crippen molar-refractivity contribution in [1.82, 2.24) is 4.90 Å². The quantitative estimate of drug-likeness (QED) is 0.790. The molecule has 1 aliphatic heterocycles. The Morgan fingerprint density at radius 3 is 2.67 bits per heavy atom. The van der Waals surface area contributed by atoms with Crippen molar-refractivity contribution in [2.75, 3.05) is 13.7 Å². The van der Waals surface area contributed by atoms with E-state index in [1.807, 2.05) is 30.3 Å². The van der Waals surface area contributed by atoms with Crippen LogP contribution in [0.25, 0.3) is 0 Å². The summed E-state index contributed by atoms with van der Waals surface area (Å²) in [5.41, 5.74) is 0.855. The molecule has 1 amide bonds. The molecule has 0 radical (unpaired) electrons. The van der Waals surface area contributed by atoms with Crippen molar-refractivity contribution in [1.29, 1.82) is 0 Å². The molecule has 1 atom stereocenters. The molecule has 0 aliphatic carbocycles. The molecule has 1 saturated heterocycles. The van der Waals surface area contributed by atoms with E-state index in [1.165, 1.54) is 12.0 Å². The van der Waals surface area contributed by atoms with E-state index in [0.29, 0.717) is 0 Å². The Labute approximate surface area is 122 Å². The summed E-state index contributed by atoms with van der Waals surface area (Å²) in [6.45, 7) is 0.296. The zero-order valence-corrected chi connectivity index (χ0v) is 11.8. The fourth-order valence-electron chi connectivity index (χ4n) is 2.20. The second-order valence-electron chi connectivity index (χ2n) is 4.77. The monoisotopic (exact) mass is 291 g/mol. The zero-order valence-electron chi connectivity index (χ0n) is 11.8. The molecule has 6 heteroatoms. The summed E-state index contributed by atoms with van der Waals surface area (Å²) in [4.78, 5) is 36.5.